The van der Waals surface area contributed by atoms with Gasteiger partial charge in [-0.1, -0.05) is 115 Å². The minimum atomic E-state index is 0. The second-order valence-electron chi connectivity index (χ2n) is 16.0. The zero-order chi connectivity index (χ0) is 35.3. The van der Waals surface area contributed by atoms with Crippen molar-refractivity contribution < 1.29 is 49.0 Å². The quantitative estimate of drug-likeness (QED) is 0.308. The van der Waals surface area contributed by atoms with Crippen LogP contribution < -0.4 is 24.8 Å². The van der Waals surface area contributed by atoms with Gasteiger partial charge >= 0.3 is 110 Å². The molecule has 0 saturated heterocycles. The maximum Gasteiger partial charge on any atom is -0.109 e. The number of rotatable bonds is 2. The molecule has 2 aromatic rings. The van der Waals surface area contributed by atoms with Gasteiger partial charge in [0.15, 0.2) is 0 Å². The Hall–Kier alpha value is -2.02. The molecule has 4 heteroatoms. The smallest absolute Gasteiger partial charge is 0.109 e. The fourth-order valence-corrected chi connectivity index (χ4v) is 11.9. The van der Waals surface area contributed by atoms with E-state index in [0.29, 0.717) is 5.92 Å². The Kier molecular flexibility index (Phi) is 12.3. The number of benzene rings is 2. The molecule has 0 nitrogen and oxygen atoms in total. The van der Waals surface area contributed by atoms with Crippen molar-refractivity contribution in [1.82, 2.24) is 0 Å². The molecule has 2 fully saturated rings. The Morgan fingerprint density at radius 2 is 1.24 bits per heavy atom. The number of allylic oxidation sites excluding steroid dienone is 16. The third-order valence-electron chi connectivity index (χ3n) is 14.8. The Balaban J connectivity index is 0.000000222. The molecule has 2 aromatic carbocycles. The van der Waals surface area contributed by atoms with E-state index in [1.54, 1.807) is 0 Å². The molecule has 0 amide bonds. The molecule has 0 N–H and O–H groups in total. The van der Waals surface area contributed by atoms with Gasteiger partial charge in [0.2, 0.25) is 0 Å². The summed E-state index contributed by atoms with van der Waals surface area (Å²) in [7, 11) is 0. The van der Waals surface area contributed by atoms with Gasteiger partial charge in [0.1, 0.15) is 0 Å². The molecule has 0 spiro atoms. The SMILES string of the molecule is CC1=CC=CC2[CH-]C3(C)C4(C)C=CC=CC4(C)C4(C)C=CC=CC4(C)C3(C)C12C.Clc1ccc([C](=[Zr+2])c2ccccc2)cc1.[C-]1=CC=CC1.[Cl-].[Cl-]. The summed E-state index contributed by atoms with van der Waals surface area (Å²) < 4.78 is 1.36. The van der Waals surface area contributed by atoms with E-state index in [4.69, 9.17) is 11.6 Å². The van der Waals surface area contributed by atoms with Crippen LogP contribution in [0.4, 0.5) is 0 Å². The number of fused-ring (bicyclic) bond motifs is 8. The molecular formula is C47H51Cl3Zr-2. The van der Waals surface area contributed by atoms with Crippen LogP contribution in [-0.4, -0.2) is 3.21 Å². The van der Waals surface area contributed by atoms with Crippen LogP contribution in [0, 0.1) is 56.3 Å². The summed E-state index contributed by atoms with van der Waals surface area (Å²) in [6.07, 6.45) is 39.3. The first-order valence-corrected chi connectivity index (χ1v) is 19.3. The van der Waals surface area contributed by atoms with Crippen LogP contribution in [0.15, 0.2) is 145 Å². The second kappa shape index (κ2) is 15.0. The first-order chi connectivity index (χ1) is 23.2. The van der Waals surface area contributed by atoms with E-state index in [1.807, 2.05) is 30.4 Å². The van der Waals surface area contributed by atoms with Gasteiger partial charge in [-0.3, -0.25) is 6.08 Å². The van der Waals surface area contributed by atoms with E-state index in [-0.39, 0.29) is 62.7 Å². The molecule has 8 rings (SSSR count). The number of hydrogen-bond donors (Lipinski definition) is 0. The standard InChI is InChI=1S/C29H37.C13H9Cl.C5H5.2ClH.Zr/c1-21-14-13-15-22-20-27(6)25(4)18-10-9-16-23(25,2)24(3)17-11-12-19-26(24,5)29(27,8)28(21,22)7;14-13-8-6-12(7-9-13)10-11-4-2-1-3-5-11;1-2-4-5-3-1;;;/h9-20,22H,1-8H3;1-9H;1-3H,4H2;2*1H;/q-1;;-1;;;+2/p-2. The zero-order valence-corrected chi connectivity index (χ0v) is 36.0. The van der Waals surface area contributed by atoms with Gasteiger partial charge in [-0.05, 0) is 28.6 Å². The Morgan fingerprint density at radius 3 is 1.76 bits per heavy atom. The predicted molar refractivity (Wildman–Crippen MR) is 207 cm³/mol. The maximum atomic E-state index is 5.86. The fourth-order valence-electron chi connectivity index (χ4n) is 11.0. The third-order valence-corrected chi connectivity index (χ3v) is 16.5. The van der Waals surface area contributed by atoms with E-state index in [9.17, 15) is 0 Å². The summed E-state index contributed by atoms with van der Waals surface area (Å²) in [6, 6.07) is 18.4. The van der Waals surface area contributed by atoms with Crippen molar-refractivity contribution in [2.45, 2.75) is 61.8 Å². The summed E-state index contributed by atoms with van der Waals surface area (Å²) >= 11 is 7.28. The normalized spacial score (nSPS) is 38.3. The summed E-state index contributed by atoms with van der Waals surface area (Å²) in [5.74, 6) is 0.460. The van der Waals surface area contributed by atoms with Gasteiger partial charge in [0.05, 0.1) is 0 Å². The van der Waals surface area contributed by atoms with Gasteiger partial charge in [0, 0.05) is 10.8 Å². The summed E-state index contributed by atoms with van der Waals surface area (Å²) in [5.41, 5.74) is 4.28. The maximum absolute atomic E-state index is 5.86. The van der Waals surface area contributed by atoms with Crippen molar-refractivity contribution >= 4 is 14.8 Å². The minimum absolute atomic E-state index is 0. The fraction of sp³-hybridized carbons (Fsp3) is 0.362. The van der Waals surface area contributed by atoms with Crippen LogP contribution in [-0.2, 0) is 24.2 Å². The molecule has 8 atom stereocenters. The van der Waals surface area contributed by atoms with Crippen LogP contribution in [0.1, 0.15) is 72.9 Å². The topological polar surface area (TPSA) is 0 Å². The van der Waals surface area contributed by atoms with Crippen molar-refractivity contribution in [2.24, 2.45) is 43.8 Å². The molecule has 2 saturated carbocycles. The van der Waals surface area contributed by atoms with E-state index in [0.717, 1.165) is 11.4 Å². The van der Waals surface area contributed by atoms with Crippen molar-refractivity contribution in [3.05, 3.63) is 174 Å². The van der Waals surface area contributed by atoms with Crippen LogP contribution in [0.3, 0.4) is 0 Å². The molecule has 0 radical (unpaired) electrons. The zero-order valence-electron chi connectivity index (χ0n) is 31.3. The summed E-state index contributed by atoms with van der Waals surface area (Å²) in [4.78, 5) is 0. The van der Waals surface area contributed by atoms with E-state index < -0.39 is 0 Å². The summed E-state index contributed by atoms with van der Waals surface area (Å²) in [6.45, 7) is 20.3. The molecule has 6 aliphatic carbocycles. The Bertz CT molecular complexity index is 1850. The molecular weight excluding hydrogens is 762 g/mol. The molecule has 0 aromatic heterocycles. The molecule has 8 unspecified atom stereocenters. The number of hydrogen-bond acceptors (Lipinski definition) is 0. The van der Waals surface area contributed by atoms with Crippen LogP contribution >= 0.6 is 11.6 Å². The van der Waals surface area contributed by atoms with Crippen molar-refractivity contribution in [3.8, 4) is 0 Å². The van der Waals surface area contributed by atoms with E-state index in [1.165, 1.54) is 44.1 Å². The molecule has 266 valence electrons. The van der Waals surface area contributed by atoms with Crippen molar-refractivity contribution in [1.29, 1.82) is 0 Å². The molecule has 0 aliphatic heterocycles. The first kappa shape index (κ1) is 41.7. The largest absolute Gasteiger partial charge is 1.00 e. The Labute approximate surface area is 340 Å². The third kappa shape index (κ3) is 5.74. The molecule has 0 bridgehead atoms. The van der Waals surface area contributed by atoms with Gasteiger partial charge in [-0.25, -0.2) is 12.2 Å². The first-order valence-electron chi connectivity index (χ1n) is 17.7. The van der Waals surface area contributed by atoms with Crippen molar-refractivity contribution in [3.63, 3.8) is 0 Å². The Morgan fingerprint density at radius 1 is 0.706 bits per heavy atom. The second-order valence-corrected chi connectivity index (χ2v) is 17.6. The van der Waals surface area contributed by atoms with Crippen LogP contribution in [0.5, 0.6) is 0 Å². The minimum Gasteiger partial charge on any atom is -1.00 e. The molecule has 0 heterocycles. The molecule has 6 aliphatic rings. The summed E-state index contributed by atoms with van der Waals surface area (Å²) in [5, 5.41) is 0.787. The van der Waals surface area contributed by atoms with E-state index >= 15 is 0 Å². The van der Waals surface area contributed by atoms with E-state index in [2.05, 4.69) is 177 Å². The number of halogens is 3. The van der Waals surface area contributed by atoms with Crippen LogP contribution in [0.2, 0.25) is 5.02 Å². The monoisotopic (exact) mass is 810 g/mol. The van der Waals surface area contributed by atoms with Crippen molar-refractivity contribution in [2.75, 3.05) is 0 Å². The van der Waals surface area contributed by atoms with Gasteiger partial charge in [-0.2, -0.15) is 6.08 Å². The predicted octanol–water partition coefficient (Wildman–Crippen LogP) is 6.42. The average Bonchev–Trinajstić information content (AvgIpc) is 3.75. The van der Waals surface area contributed by atoms with Gasteiger partial charge < -0.3 is 31.2 Å². The van der Waals surface area contributed by atoms with Gasteiger partial charge in [0.25, 0.3) is 0 Å². The van der Waals surface area contributed by atoms with Crippen LogP contribution in [0.25, 0.3) is 0 Å². The van der Waals surface area contributed by atoms with Gasteiger partial charge in [-0.15, -0.1) is 23.8 Å². The average molecular weight is 814 g/mol. The molecule has 51 heavy (non-hydrogen) atoms.